The molecule has 0 aliphatic carbocycles. The summed E-state index contributed by atoms with van der Waals surface area (Å²) < 4.78 is 0. The molecule has 1 rings (SSSR count). The Balaban J connectivity index is 3.08. The lowest BCUT2D eigenvalue weighted by Gasteiger charge is -1.99. The highest BCUT2D eigenvalue weighted by molar-refractivity contribution is 6.34. The largest absolute Gasteiger partial charge is 0.399 e. The quantitative estimate of drug-likeness (QED) is 0.604. The van der Waals surface area contributed by atoms with Gasteiger partial charge >= 0.3 is 0 Å². The number of hydrogen-bond donors (Lipinski definition) is 1. The van der Waals surface area contributed by atoms with Crippen molar-refractivity contribution in [2.45, 2.75) is 0 Å². The number of nitrogen functional groups attached to an aromatic ring is 1. The van der Waals surface area contributed by atoms with Gasteiger partial charge in [-0.3, -0.25) is 0 Å². The van der Waals surface area contributed by atoms with E-state index >= 15 is 0 Å². The molecule has 0 spiro atoms. The molecule has 0 saturated carbocycles. The van der Waals surface area contributed by atoms with Gasteiger partial charge in [0.05, 0.1) is 6.21 Å². The number of hydrogen-bond acceptors (Lipinski definition) is 5. The number of anilines is 1. The van der Waals surface area contributed by atoms with Gasteiger partial charge in [-0.05, 0) is 0 Å². The first kappa shape index (κ1) is 10.0. The monoisotopic (exact) mass is 220 g/mol. The minimum Gasteiger partial charge on any atom is -0.399 e. The zero-order valence-electron chi connectivity index (χ0n) is 6.66. The van der Waals surface area contributed by atoms with Crippen LogP contribution in [0.3, 0.4) is 0 Å². The van der Waals surface area contributed by atoms with Gasteiger partial charge in [0.15, 0.2) is 16.1 Å². The number of halogens is 2. The van der Waals surface area contributed by atoms with Crippen LogP contribution in [0.25, 0.3) is 0 Å². The van der Waals surface area contributed by atoms with Crippen LogP contribution in [-0.4, -0.2) is 23.3 Å². The second-order valence-corrected chi connectivity index (χ2v) is 2.71. The molecule has 0 amide bonds. The Labute approximate surface area is 84.5 Å². The highest BCUT2D eigenvalue weighted by atomic mass is 35.5. The van der Waals surface area contributed by atoms with Crippen LogP contribution in [0.2, 0.25) is 10.3 Å². The van der Waals surface area contributed by atoms with Crippen LogP contribution in [0.5, 0.6) is 0 Å². The number of aromatic nitrogens is 2. The van der Waals surface area contributed by atoms with E-state index in [1.165, 1.54) is 13.3 Å². The molecule has 0 aliphatic rings. The Hall–Kier alpha value is -1.07. The van der Waals surface area contributed by atoms with Crippen LogP contribution in [0.15, 0.2) is 5.16 Å². The molecular weight excluding hydrogens is 215 g/mol. The van der Waals surface area contributed by atoms with Crippen LogP contribution in [-0.2, 0) is 4.84 Å². The van der Waals surface area contributed by atoms with E-state index in [9.17, 15) is 0 Å². The van der Waals surface area contributed by atoms with Gasteiger partial charge in [-0.1, -0.05) is 28.4 Å². The fraction of sp³-hybridized carbons (Fsp3) is 0.167. The SMILES string of the molecule is CON=Cc1nc(Cl)c(N)nc1Cl. The molecule has 7 heteroatoms. The molecule has 0 bridgehead atoms. The third-order valence-corrected chi connectivity index (χ3v) is 1.70. The summed E-state index contributed by atoms with van der Waals surface area (Å²) in [7, 11) is 1.40. The van der Waals surface area contributed by atoms with Gasteiger partial charge in [-0.15, -0.1) is 0 Å². The van der Waals surface area contributed by atoms with E-state index in [0.29, 0.717) is 5.69 Å². The molecule has 0 unspecified atom stereocenters. The molecule has 13 heavy (non-hydrogen) atoms. The van der Waals surface area contributed by atoms with Crippen molar-refractivity contribution in [3.63, 3.8) is 0 Å². The Morgan fingerprint density at radius 1 is 1.38 bits per heavy atom. The Kier molecular flexibility index (Phi) is 3.27. The van der Waals surface area contributed by atoms with E-state index in [-0.39, 0.29) is 16.1 Å². The standard InChI is InChI=1S/C6H6Cl2N4O/c1-13-10-2-3-4(7)12-6(9)5(8)11-3/h2H,1H3,(H2,9,12). The van der Waals surface area contributed by atoms with Crippen LogP contribution in [0, 0.1) is 0 Å². The summed E-state index contributed by atoms with van der Waals surface area (Å²) in [6.07, 6.45) is 1.29. The van der Waals surface area contributed by atoms with E-state index in [2.05, 4.69) is 20.0 Å². The van der Waals surface area contributed by atoms with Crippen molar-refractivity contribution in [1.82, 2.24) is 9.97 Å². The lowest BCUT2D eigenvalue weighted by atomic mass is 10.5. The van der Waals surface area contributed by atoms with Crippen molar-refractivity contribution in [1.29, 1.82) is 0 Å². The lowest BCUT2D eigenvalue weighted by Crippen LogP contribution is -1.99. The van der Waals surface area contributed by atoms with Crippen molar-refractivity contribution in [3.8, 4) is 0 Å². The second-order valence-electron chi connectivity index (χ2n) is 1.99. The van der Waals surface area contributed by atoms with Gasteiger partial charge < -0.3 is 10.6 Å². The summed E-state index contributed by atoms with van der Waals surface area (Å²) in [4.78, 5) is 12.0. The van der Waals surface area contributed by atoms with E-state index in [4.69, 9.17) is 28.9 Å². The van der Waals surface area contributed by atoms with Crippen LogP contribution < -0.4 is 5.73 Å². The molecule has 0 radical (unpaired) electrons. The van der Waals surface area contributed by atoms with Crippen molar-refractivity contribution >= 4 is 35.2 Å². The number of nitrogens with zero attached hydrogens (tertiary/aromatic N) is 3. The summed E-state index contributed by atoms with van der Waals surface area (Å²) in [5, 5.41) is 3.67. The maximum Gasteiger partial charge on any atom is 0.171 e. The topological polar surface area (TPSA) is 73.4 Å². The van der Waals surface area contributed by atoms with Gasteiger partial charge in [-0.25, -0.2) is 9.97 Å². The molecule has 70 valence electrons. The third-order valence-electron chi connectivity index (χ3n) is 1.14. The Bertz CT molecular complexity index is 342. The van der Waals surface area contributed by atoms with E-state index in [0.717, 1.165) is 0 Å². The molecule has 0 atom stereocenters. The normalized spacial score (nSPS) is 10.7. The van der Waals surface area contributed by atoms with Crippen LogP contribution in [0.1, 0.15) is 5.69 Å². The first-order valence-electron chi connectivity index (χ1n) is 3.20. The smallest absolute Gasteiger partial charge is 0.171 e. The fourth-order valence-electron chi connectivity index (χ4n) is 0.603. The molecule has 1 aromatic rings. The molecule has 2 N–H and O–H groups in total. The highest BCUT2D eigenvalue weighted by Gasteiger charge is 2.06. The molecule has 1 heterocycles. The third kappa shape index (κ3) is 2.43. The van der Waals surface area contributed by atoms with Gasteiger partial charge in [0, 0.05) is 0 Å². The predicted octanol–water partition coefficient (Wildman–Crippen LogP) is 1.35. The molecular formula is C6H6Cl2N4O. The van der Waals surface area contributed by atoms with E-state index < -0.39 is 0 Å². The zero-order valence-corrected chi connectivity index (χ0v) is 8.17. The first-order valence-corrected chi connectivity index (χ1v) is 3.95. The van der Waals surface area contributed by atoms with Crippen molar-refractivity contribution < 1.29 is 4.84 Å². The van der Waals surface area contributed by atoms with Crippen molar-refractivity contribution in [2.75, 3.05) is 12.8 Å². The van der Waals surface area contributed by atoms with Crippen LogP contribution >= 0.6 is 23.2 Å². The molecule has 0 aromatic carbocycles. The average molecular weight is 221 g/mol. The van der Waals surface area contributed by atoms with Crippen LogP contribution in [0.4, 0.5) is 5.82 Å². The predicted molar refractivity (Wildman–Crippen MR) is 51.1 cm³/mol. The molecule has 0 fully saturated rings. The zero-order chi connectivity index (χ0) is 9.84. The number of nitrogens with two attached hydrogens (primary N) is 1. The minimum absolute atomic E-state index is 0.0845. The minimum atomic E-state index is 0.0845. The summed E-state index contributed by atoms with van der Waals surface area (Å²) >= 11 is 11.3. The van der Waals surface area contributed by atoms with Crippen molar-refractivity contribution in [3.05, 3.63) is 16.0 Å². The van der Waals surface area contributed by atoms with Crippen molar-refractivity contribution in [2.24, 2.45) is 5.16 Å². The summed E-state index contributed by atoms with van der Waals surface area (Å²) in [5.74, 6) is 0.0845. The van der Waals surface area contributed by atoms with Gasteiger partial charge in [0.1, 0.15) is 12.8 Å². The van der Waals surface area contributed by atoms with E-state index in [1.54, 1.807) is 0 Å². The van der Waals surface area contributed by atoms with E-state index in [1.807, 2.05) is 0 Å². The molecule has 1 aromatic heterocycles. The first-order chi connectivity index (χ1) is 6.15. The number of rotatable bonds is 2. The molecule has 5 nitrogen and oxygen atoms in total. The molecule has 0 saturated heterocycles. The molecule has 0 aliphatic heterocycles. The summed E-state index contributed by atoms with van der Waals surface area (Å²) in [5.41, 5.74) is 5.66. The summed E-state index contributed by atoms with van der Waals surface area (Å²) in [6, 6.07) is 0. The van der Waals surface area contributed by atoms with Gasteiger partial charge in [0.25, 0.3) is 0 Å². The Morgan fingerprint density at radius 2 is 2.08 bits per heavy atom. The van der Waals surface area contributed by atoms with Gasteiger partial charge in [-0.2, -0.15) is 0 Å². The summed E-state index contributed by atoms with van der Waals surface area (Å²) in [6.45, 7) is 0. The lowest BCUT2D eigenvalue weighted by molar-refractivity contribution is 0.215. The fourth-order valence-corrected chi connectivity index (χ4v) is 0.918. The highest BCUT2D eigenvalue weighted by Crippen LogP contribution is 2.17. The maximum atomic E-state index is 5.68. The number of oxime groups is 1. The second kappa shape index (κ2) is 4.25. The maximum absolute atomic E-state index is 5.68. The average Bonchev–Trinajstić information content (AvgIpc) is 2.09. The van der Waals surface area contributed by atoms with Gasteiger partial charge in [0.2, 0.25) is 0 Å². The Morgan fingerprint density at radius 3 is 2.69 bits per heavy atom.